The standard InChI is InChI=1S/C23H24ClN3O3S2/c1-2-26(18-12-13-32(29,30)16-18)22(28)15-31-23-25-14-21(17-8-4-3-5-9-17)27(23)20-11-7-6-10-19(20)24/h3-11,14,18H,2,12-13,15-16H2,1H3. The molecule has 1 fully saturated rings. The van der Waals surface area contributed by atoms with E-state index >= 15 is 0 Å². The molecule has 2 heterocycles. The molecule has 1 atom stereocenters. The summed E-state index contributed by atoms with van der Waals surface area (Å²) >= 11 is 7.83. The summed E-state index contributed by atoms with van der Waals surface area (Å²) in [5.41, 5.74) is 2.65. The number of carbonyl (C=O) groups is 1. The van der Waals surface area contributed by atoms with Crippen LogP contribution in [0.5, 0.6) is 0 Å². The van der Waals surface area contributed by atoms with Crippen LogP contribution in [0, 0.1) is 0 Å². The van der Waals surface area contributed by atoms with Crippen molar-refractivity contribution in [2.45, 2.75) is 24.5 Å². The first-order valence-electron chi connectivity index (χ1n) is 10.4. The summed E-state index contributed by atoms with van der Waals surface area (Å²) in [6, 6.07) is 17.2. The minimum absolute atomic E-state index is 0.0453. The van der Waals surface area contributed by atoms with Gasteiger partial charge in [-0.1, -0.05) is 65.8 Å². The van der Waals surface area contributed by atoms with Gasteiger partial charge in [0, 0.05) is 18.2 Å². The van der Waals surface area contributed by atoms with Crippen molar-refractivity contribution >= 4 is 39.1 Å². The van der Waals surface area contributed by atoms with E-state index in [1.165, 1.54) is 11.8 Å². The molecule has 0 saturated carbocycles. The molecule has 0 N–H and O–H groups in total. The molecule has 1 saturated heterocycles. The second-order valence-corrected chi connectivity index (χ2v) is 11.2. The van der Waals surface area contributed by atoms with Gasteiger partial charge in [0.2, 0.25) is 5.91 Å². The Kier molecular flexibility index (Phi) is 6.93. The highest BCUT2D eigenvalue weighted by molar-refractivity contribution is 7.99. The zero-order valence-electron chi connectivity index (χ0n) is 17.6. The molecule has 1 unspecified atom stereocenters. The number of halogens is 1. The number of rotatable bonds is 7. The van der Waals surface area contributed by atoms with Gasteiger partial charge in [-0.25, -0.2) is 13.4 Å². The normalized spacial score (nSPS) is 17.4. The smallest absolute Gasteiger partial charge is 0.233 e. The first-order chi connectivity index (χ1) is 15.4. The van der Waals surface area contributed by atoms with Crippen molar-refractivity contribution in [3.63, 3.8) is 0 Å². The lowest BCUT2D eigenvalue weighted by Gasteiger charge is -2.26. The Bertz CT molecular complexity index is 1210. The molecular weight excluding hydrogens is 466 g/mol. The molecule has 1 aromatic heterocycles. The number of aromatic nitrogens is 2. The molecule has 9 heteroatoms. The van der Waals surface area contributed by atoms with Crippen LogP contribution in [0.3, 0.4) is 0 Å². The maximum Gasteiger partial charge on any atom is 0.233 e. The van der Waals surface area contributed by atoms with Crippen molar-refractivity contribution in [1.29, 1.82) is 0 Å². The lowest BCUT2D eigenvalue weighted by atomic mass is 10.1. The molecule has 1 aliphatic heterocycles. The molecule has 6 nitrogen and oxygen atoms in total. The highest BCUT2D eigenvalue weighted by Crippen LogP contribution is 2.33. The van der Waals surface area contributed by atoms with Crippen molar-refractivity contribution in [2.75, 3.05) is 23.8 Å². The van der Waals surface area contributed by atoms with E-state index in [4.69, 9.17) is 11.6 Å². The first-order valence-corrected chi connectivity index (χ1v) is 13.6. The fourth-order valence-corrected chi connectivity index (χ4v) is 6.81. The number of nitrogens with zero attached hydrogens (tertiary/aromatic N) is 3. The van der Waals surface area contributed by atoms with E-state index in [0.29, 0.717) is 23.1 Å². The van der Waals surface area contributed by atoms with Crippen LogP contribution >= 0.6 is 23.4 Å². The number of hydrogen-bond acceptors (Lipinski definition) is 5. The average molecular weight is 490 g/mol. The van der Waals surface area contributed by atoms with E-state index in [0.717, 1.165) is 16.9 Å². The molecule has 4 rings (SSSR count). The minimum Gasteiger partial charge on any atom is -0.338 e. The summed E-state index contributed by atoms with van der Waals surface area (Å²) in [6.07, 6.45) is 2.28. The van der Waals surface area contributed by atoms with E-state index in [1.807, 2.05) is 66.1 Å². The number of hydrogen-bond donors (Lipinski definition) is 0. The molecule has 2 aromatic carbocycles. The fraction of sp³-hybridized carbons (Fsp3) is 0.304. The van der Waals surface area contributed by atoms with Gasteiger partial charge in [0.1, 0.15) is 0 Å². The lowest BCUT2D eigenvalue weighted by Crippen LogP contribution is -2.42. The van der Waals surface area contributed by atoms with Crippen LogP contribution in [0.1, 0.15) is 13.3 Å². The van der Waals surface area contributed by atoms with Crippen LogP contribution in [0.4, 0.5) is 0 Å². The van der Waals surface area contributed by atoms with Crippen molar-refractivity contribution in [1.82, 2.24) is 14.5 Å². The molecule has 0 aliphatic carbocycles. The Morgan fingerprint density at radius 2 is 1.91 bits per heavy atom. The van der Waals surface area contributed by atoms with Gasteiger partial charge >= 0.3 is 0 Å². The Labute approximate surface area is 197 Å². The van der Waals surface area contributed by atoms with Crippen molar-refractivity contribution < 1.29 is 13.2 Å². The van der Waals surface area contributed by atoms with Crippen molar-refractivity contribution in [2.24, 2.45) is 0 Å². The number of carbonyl (C=O) groups excluding carboxylic acids is 1. The Hall–Kier alpha value is -2.29. The van der Waals surface area contributed by atoms with Crippen molar-refractivity contribution in [3.8, 4) is 16.9 Å². The molecule has 3 aromatic rings. The van der Waals surface area contributed by atoms with E-state index < -0.39 is 9.84 Å². The first kappa shape index (κ1) is 22.9. The number of benzene rings is 2. The minimum atomic E-state index is -3.06. The number of amides is 1. The van der Waals surface area contributed by atoms with Crippen LogP contribution in [-0.4, -0.2) is 58.6 Å². The van der Waals surface area contributed by atoms with Gasteiger partial charge in [-0.3, -0.25) is 9.36 Å². The highest BCUT2D eigenvalue weighted by atomic mass is 35.5. The maximum atomic E-state index is 13.0. The van der Waals surface area contributed by atoms with Gasteiger partial charge in [0.25, 0.3) is 0 Å². The Morgan fingerprint density at radius 3 is 2.56 bits per heavy atom. The summed E-state index contributed by atoms with van der Waals surface area (Å²) in [6.45, 7) is 2.36. The third kappa shape index (κ3) is 4.87. The van der Waals surface area contributed by atoms with Crippen LogP contribution < -0.4 is 0 Å². The SMILES string of the molecule is CCN(C(=O)CSc1ncc(-c2ccccc2)n1-c1ccccc1Cl)C1CCS(=O)(=O)C1. The highest BCUT2D eigenvalue weighted by Gasteiger charge is 2.34. The van der Waals surface area contributed by atoms with Crippen LogP contribution in [0.25, 0.3) is 16.9 Å². The van der Waals surface area contributed by atoms with Gasteiger partial charge in [-0.2, -0.15) is 0 Å². The van der Waals surface area contributed by atoms with E-state index in [2.05, 4.69) is 4.98 Å². The third-order valence-electron chi connectivity index (χ3n) is 5.53. The summed E-state index contributed by atoms with van der Waals surface area (Å²) < 4.78 is 25.7. The fourth-order valence-electron chi connectivity index (χ4n) is 3.98. The largest absolute Gasteiger partial charge is 0.338 e. The van der Waals surface area contributed by atoms with Crippen LogP contribution in [0.15, 0.2) is 66.0 Å². The van der Waals surface area contributed by atoms with Crippen LogP contribution in [-0.2, 0) is 14.6 Å². The summed E-state index contributed by atoms with van der Waals surface area (Å²) in [4.78, 5) is 19.3. The number of thioether (sulfide) groups is 1. The Balaban J connectivity index is 1.61. The zero-order chi connectivity index (χ0) is 22.7. The molecule has 168 valence electrons. The van der Waals surface area contributed by atoms with Gasteiger partial charge < -0.3 is 4.90 Å². The van der Waals surface area contributed by atoms with Gasteiger partial charge in [0.05, 0.1) is 39.9 Å². The predicted molar refractivity (Wildman–Crippen MR) is 129 cm³/mol. The zero-order valence-corrected chi connectivity index (χ0v) is 20.0. The lowest BCUT2D eigenvalue weighted by molar-refractivity contribution is -0.129. The van der Waals surface area contributed by atoms with Gasteiger partial charge in [0.15, 0.2) is 15.0 Å². The third-order valence-corrected chi connectivity index (χ3v) is 8.53. The molecule has 1 aliphatic rings. The number of para-hydroxylation sites is 1. The molecule has 0 radical (unpaired) electrons. The van der Waals surface area contributed by atoms with Crippen molar-refractivity contribution in [3.05, 3.63) is 65.8 Å². The molecule has 0 spiro atoms. The van der Waals surface area contributed by atoms with E-state index in [9.17, 15) is 13.2 Å². The number of imidazole rings is 1. The predicted octanol–water partition coefficient (Wildman–Crippen LogP) is 4.32. The van der Waals surface area contributed by atoms with E-state index in [1.54, 1.807) is 11.1 Å². The Morgan fingerprint density at radius 1 is 1.19 bits per heavy atom. The summed E-state index contributed by atoms with van der Waals surface area (Å²) in [5, 5.41) is 1.24. The summed E-state index contributed by atoms with van der Waals surface area (Å²) in [5.74, 6) is 0.268. The molecule has 1 amide bonds. The van der Waals surface area contributed by atoms with E-state index in [-0.39, 0.29) is 29.2 Å². The van der Waals surface area contributed by atoms with Gasteiger partial charge in [-0.15, -0.1) is 0 Å². The average Bonchev–Trinajstić information content (AvgIpc) is 3.36. The molecule has 0 bridgehead atoms. The summed E-state index contributed by atoms with van der Waals surface area (Å²) in [7, 11) is -3.06. The van der Waals surface area contributed by atoms with Gasteiger partial charge in [-0.05, 0) is 25.5 Å². The number of sulfone groups is 1. The molecular formula is C23H24ClN3O3S2. The van der Waals surface area contributed by atoms with Crippen LogP contribution in [0.2, 0.25) is 5.02 Å². The quantitative estimate of drug-likeness (QED) is 0.462. The second-order valence-electron chi connectivity index (χ2n) is 7.60. The topological polar surface area (TPSA) is 72.3 Å². The second kappa shape index (κ2) is 9.68. The maximum absolute atomic E-state index is 13.0. The monoisotopic (exact) mass is 489 g/mol. The molecule has 32 heavy (non-hydrogen) atoms.